The lowest BCUT2D eigenvalue weighted by Crippen LogP contribution is -2.42. The minimum absolute atomic E-state index is 0.0180. The molecule has 3 rings (SSSR count). The molecule has 154 valence electrons. The molecule has 0 spiro atoms. The largest absolute Gasteiger partial charge is 0.325 e. The number of anilines is 1. The lowest BCUT2D eigenvalue weighted by atomic mass is 9.84. The third-order valence-electron chi connectivity index (χ3n) is 5.30. The lowest BCUT2D eigenvalue weighted by Gasteiger charge is -2.24. The molecule has 2 aromatic rings. The van der Waals surface area contributed by atoms with Crippen molar-refractivity contribution in [3.63, 3.8) is 0 Å². The summed E-state index contributed by atoms with van der Waals surface area (Å²) in [4.78, 5) is 38.9. The number of nitrogens with one attached hydrogen (secondary N) is 3. The first kappa shape index (κ1) is 20.6. The van der Waals surface area contributed by atoms with E-state index in [0.717, 1.165) is 10.5 Å². The van der Waals surface area contributed by atoms with Gasteiger partial charge in [0.2, 0.25) is 5.91 Å². The third kappa shape index (κ3) is 3.74. The van der Waals surface area contributed by atoms with Gasteiger partial charge < -0.3 is 10.6 Å². The van der Waals surface area contributed by atoms with Crippen LogP contribution in [-0.2, 0) is 20.5 Å². The summed E-state index contributed by atoms with van der Waals surface area (Å²) in [5, 5.41) is 12.2. The van der Waals surface area contributed by atoms with Crippen molar-refractivity contribution in [3.8, 4) is 0 Å². The molecule has 0 saturated carbocycles. The number of benzene rings is 1. The normalized spacial score (nSPS) is 19.4. The third-order valence-corrected chi connectivity index (χ3v) is 5.30. The fraction of sp³-hybridized carbons (Fsp3) is 0.429. The molecule has 2 heterocycles. The van der Waals surface area contributed by atoms with Crippen LogP contribution in [0.5, 0.6) is 0 Å². The molecular formula is C21H27N5O3. The number of rotatable bonds is 4. The van der Waals surface area contributed by atoms with E-state index in [2.05, 4.69) is 41.6 Å². The molecule has 0 bridgehead atoms. The minimum atomic E-state index is -1.21. The van der Waals surface area contributed by atoms with Gasteiger partial charge in [0.1, 0.15) is 12.1 Å². The molecule has 3 N–H and O–H groups in total. The summed E-state index contributed by atoms with van der Waals surface area (Å²) >= 11 is 0. The maximum absolute atomic E-state index is 13.0. The van der Waals surface area contributed by atoms with E-state index in [0.29, 0.717) is 22.6 Å². The monoisotopic (exact) mass is 397 g/mol. The summed E-state index contributed by atoms with van der Waals surface area (Å²) in [7, 11) is 0. The summed E-state index contributed by atoms with van der Waals surface area (Å²) in [6.07, 6.45) is 0. The Balaban J connectivity index is 1.77. The number of urea groups is 1. The van der Waals surface area contributed by atoms with Crippen LogP contribution in [0.4, 0.5) is 10.5 Å². The molecule has 1 fully saturated rings. The van der Waals surface area contributed by atoms with E-state index >= 15 is 0 Å². The first-order valence-corrected chi connectivity index (χ1v) is 9.50. The van der Waals surface area contributed by atoms with Gasteiger partial charge in [0.25, 0.3) is 5.91 Å². The maximum atomic E-state index is 13.0. The smallest absolute Gasteiger partial charge is 0.321 e. The molecule has 0 radical (unpaired) electrons. The Labute approximate surface area is 170 Å². The molecule has 8 nitrogen and oxygen atoms in total. The second kappa shape index (κ2) is 7.02. The fourth-order valence-corrected chi connectivity index (χ4v) is 3.40. The van der Waals surface area contributed by atoms with E-state index in [1.807, 2.05) is 24.3 Å². The number of aromatic amines is 1. The zero-order valence-electron chi connectivity index (χ0n) is 17.6. The molecule has 8 heteroatoms. The summed E-state index contributed by atoms with van der Waals surface area (Å²) in [5.41, 5.74) is 2.47. The SMILES string of the molecule is Cc1n[nH]c(C)c1NC(=O)CN1C(=O)N[C@](C)(c2ccc(C(C)(C)C)cc2)C1=O. The van der Waals surface area contributed by atoms with E-state index in [-0.39, 0.29) is 12.0 Å². The number of carbonyl (C=O) groups excluding carboxylic acids is 3. The second-order valence-corrected chi connectivity index (χ2v) is 8.63. The Hall–Kier alpha value is -3.16. The first-order valence-electron chi connectivity index (χ1n) is 9.50. The molecule has 1 saturated heterocycles. The van der Waals surface area contributed by atoms with Crippen molar-refractivity contribution in [2.75, 3.05) is 11.9 Å². The van der Waals surface area contributed by atoms with Gasteiger partial charge in [-0.1, -0.05) is 45.0 Å². The highest BCUT2D eigenvalue weighted by molar-refractivity contribution is 6.10. The van der Waals surface area contributed by atoms with E-state index in [4.69, 9.17) is 0 Å². The first-order chi connectivity index (χ1) is 13.4. The molecular weight excluding hydrogens is 370 g/mol. The molecule has 0 unspecified atom stereocenters. The topological polar surface area (TPSA) is 107 Å². The Morgan fingerprint density at radius 2 is 1.79 bits per heavy atom. The van der Waals surface area contributed by atoms with Gasteiger partial charge in [-0.3, -0.25) is 19.6 Å². The number of imide groups is 1. The minimum Gasteiger partial charge on any atom is -0.321 e. The van der Waals surface area contributed by atoms with Gasteiger partial charge in [-0.25, -0.2) is 4.79 Å². The molecule has 4 amide bonds. The van der Waals surface area contributed by atoms with Gasteiger partial charge in [0, 0.05) is 0 Å². The Morgan fingerprint density at radius 3 is 2.31 bits per heavy atom. The maximum Gasteiger partial charge on any atom is 0.325 e. The highest BCUT2D eigenvalue weighted by atomic mass is 16.2. The molecule has 1 aromatic carbocycles. The van der Waals surface area contributed by atoms with Crippen molar-refractivity contribution in [2.45, 2.75) is 52.5 Å². The van der Waals surface area contributed by atoms with E-state index < -0.39 is 23.4 Å². The van der Waals surface area contributed by atoms with Crippen LogP contribution in [0.15, 0.2) is 24.3 Å². The van der Waals surface area contributed by atoms with Crippen LogP contribution in [0.25, 0.3) is 0 Å². The second-order valence-electron chi connectivity index (χ2n) is 8.63. The van der Waals surface area contributed by atoms with Gasteiger partial charge in [-0.05, 0) is 37.3 Å². The number of aromatic nitrogens is 2. The van der Waals surface area contributed by atoms with E-state index in [1.165, 1.54) is 0 Å². The molecule has 29 heavy (non-hydrogen) atoms. The average molecular weight is 397 g/mol. The van der Waals surface area contributed by atoms with Gasteiger partial charge in [-0.15, -0.1) is 0 Å². The Kier molecular flexibility index (Phi) is 4.98. The summed E-state index contributed by atoms with van der Waals surface area (Å²) < 4.78 is 0. The number of nitrogens with zero attached hydrogens (tertiary/aromatic N) is 2. The summed E-state index contributed by atoms with van der Waals surface area (Å²) in [6, 6.07) is 7.02. The van der Waals surface area contributed by atoms with Crippen molar-refractivity contribution >= 4 is 23.5 Å². The number of aryl methyl sites for hydroxylation is 2. The van der Waals surface area contributed by atoms with Crippen molar-refractivity contribution in [3.05, 3.63) is 46.8 Å². The van der Waals surface area contributed by atoms with Gasteiger partial charge in [0.15, 0.2) is 0 Å². The number of H-pyrrole nitrogens is 1. The summed E-state index contributed by atoms with van der Waals surface area (Å²) in [5.74, 6) is -0.921. The molecule has 1 aliphatic heterocycles. The van der Waals surface area contributed by atoms with Gasteiger partial charge in [-0.2, -0.15) is 5.10 Å². The number of carbonyl (C=O) groups is 3. The highest BCUT2D eigenvalue weighted by Gasteiger charge is 2.49. The Morgan fingerprint density at radius 1 is 1.17 bits per heavy atom. The van der Waals surface area contributed by atoms with Crippen LogP contribution < -0.4 is 10.6 Å². The van der Waals surface area contributed by atoms with Crippen LogP contribution in [0, 0.1) is 13.8 Å². The van der Waals surface area contributed by atoms with Crippen molar-refractivity contribution in [1.29, 1.82) is 0 Å². The predicted octanol–water partition coefficient (Wildman–Crippen LogP) is 2.73. The molecule has 1 aliphatic rings. The van der Waals surface area contributed by atoms with Crippen molar-refractivity contribution in [2.24, 2.45) is 0 Å². The zero-order chi connectivity index (χ0) is 21.6. The van der Waals surface area contributed by atoms with Crippen LogP contribution in [-0.4, -0.2) is 39.5 Å². The van der Waals surface area contributed by atoms with Crippen molar-refractivity contribution < 1.29 is 14.4 Å². The zero-order valence-corrected chi connectivity index (χ0v) is 17.6. The fourth-order valence-electron chi connectivity index (χ4n) is 3.40. The van der Waals surface area contributed by atoms with E-state index in [9.17, 15) is 14.4 Å². The van der Waals surface area contributed by atoms with Crippen LogP contribution in [0.3, 0.4) is 0 Å². The summed E-state index contributed by atoms with van der Waals surface area (Å²) in [6.45, 7) is 11.1. The standard InChI is InChI=1S/C21H27N5O3/c1-12-17(13(2)25-24-12)22-16(27)11-26-18(28)21(6,23-19(26)29)15-9-7-14(8-10-15)20(3,4)5/h7-10H,11H2,1-6H3,(H,22,27)(H,23,29)(H,24,25)/t21-/m1/s1. The predicted molar refractivity (Wildman–Crippen MR) is 109 cm³/mol. The molecule has 1 atom stereocenters. The van der Waals surface area contributed by atoms with Crippen LogP contribution >= 0.6 is 0 Å². The number of amides is 4. The Bertz CT molecular complexity index is 952. The molecule has 0 aliphatic carbocycles. The van der Waals surface area contributed by atoms with E-state index in [1.54, 1.807) is 20.8 Å². The number of hydrogen-bond donors (Lipinski definition) is 3. The van der Waals surface area contributed by atoms with Gasteiger partial charge in [0.05, 0.1) is 17.1 Å². The van der Waals surface area contributed by atoms with Crippen LogP contribution in [0.1, 0.15) is 50.2 Å². The van der Waals surface area contributed by atoms with Crippen molar-refractivity contribution in [1.82, 2.24) is 20.4 Å². The lowest BCUT2D eigenvalue weighted by molar-refractivity contribution is -0.133. The quantitative estimate of drug-likeness (QED) is 0.690. The average Bonchev–Trinajstić information content (AvgIpc) is 3.07. The number of hydrogen-bond acceptors (Lipinski definition) is 4. The van der Waals surface area contributed by atoms with Crippen LogP contribution in [0.2, 0.25) is 0 Å². The molecule has 1 aromatic heterocycles. The highest BCUT2D eigenvalue weighted by Crippen LogP contribution is 2.31. The van der Waals surface area contributed by atoms with Gasteiger partial charge >= 0.3 is 6.03 Å².